The van der Waals surface area contributed by atoms with Crippen LogP contribution in [0.4, 0.5) is 0 Å². The van der Waals surface area contributed by atoms with Crippen LogP contribution in [0.1, 0.15) is 22.5 Å². The molecule has 0 radical (unpaired) electrons. The van der Waals surface area contributed by atoms with Crippen LogP contribution in [-0.2, 0) is 11.8 Å². The number of nitrogens with zero attached hydrogens (tertiary/aromatic N) is 2. The molecule has 0 aliphatic heterocycles. The maximum Gasteiger partial charge on any atom is 0.332 e. The van der Waals surface area contributed by atoms with E-state index >= 15 is 0 Å². The Bertz CT molecular complexity index is 427. The Morgan fingerprint density at radius 2 is 2.24 bits per heavy atom. The molecule has 1 aromatic heterocycles. The highest BCUT2D eigenvalue weighted by atomic mass is 16.4. The quantitative estimate of drug-likeness (QED) is 0.632. The van der Waals surface area contributed by atoms with Crippen LogP contribution < -0.4 is 5.32 Å². The molecule has 7 nitrogen and oxygen atoms in total. The van der Waals surface area contributed by atoms with Crippen molar-refractivity contribution in [2.75, 3.05) is 6.54 Å². The van der Waals surface area contributed by atoms with Crippen molar-refractivity contribution in [2.24, 2.45) is 7.05 Å². The van der Waals surface area contributed by atoms with Gasteiger partial charge < -0.3 is 15.5 Å². The van der Waals surface area contributed by atoms with Crippen LogP contribution in [0.5, 0.6) is 0 Å². The van der Waals surface area contributed by atoms with Crippen molar-refractivity contribution < 1.29 is 19.8 Å². The third-order valence-electron chi connectivity index (χ3n) is 2.25. The first-order valence-corrected chi connectivity index (χ1v) is 5.11. The lowest BCUT2D eigenvalue weighted by molar-refractivity contribution is -0.146. The molecular weight excluding hydrogens is 226 g/mol. The van der Waals surface area contributed by atoms with Gasteiger partial charge in [0.05, 0.1) is 11.3 Å². The molecule has 0 spiro atoms. The van der Waals surface area contributed by atoms with Gasteiger partial charge in [-0.3, -0.25) is 9.48 Å². The number of rotatable bonds is 5. The molecule has 1 heterocycles. The van der Waals surface area contributed by atoms with Crippen LogP contribution >= 0.6 is 0 Å². The van der Waals surface area contributed by atoms with E-state index < -0.39 is 12.1 Å². The van der Waals surface area contributed by atoms with E-state index in [1.807, 2.05) is 0 Å². The number of nitrogens with one attached hydrogen (secondary N) is 1. The number of hydrogen-bond donors (Lipinski definition) is 3. The molecule has 0 saturated carbocycles. The van der Waals surface area contributed by atoms with E-state index in [1.54, 1.807) is 20.2 Å². The van der Waals surface area contributed by atoms with Crippen LogP contribution in [0.2, 0.25) is 0 Å². The Kier molecular flexibility index (Phi) is 4.22. The van der Waals surface area contributed by atoms with Gasteiger partial charge in [0.25, 0.3) is 5.91 Å². The lowest BCUT2D eigenvalue weighted by atomic mass is 10.2. The number of aromatic nitrogens is 2. The number of carboxylic acid groups (broad SMARTS) is 1. The number of aryl methyl sites for hydroxylation is 2. The molecule has 7 heteroatoms. The van der Waals surface area contributed by atoms with Gasteiger partial charge in [0.1, 0.15) is 0 Å². The molecule has 3 N–H and O–H groups in total. The van der Waals surface area contributed by atoms with Gasteiger partial charge in [-0.1, -0.05) is 0 Å². The second-order valence-electron chi connectivity index (χ2n) is 3.70. The van der Waals surface area contributed by atoms with Crippen LogP contribution in [0.3, 0.4) is 0 Å². The molecule has 1 aromatic rings. The number of carbonyl (C=O) groups excluding carboxylic acids is 1. The monoisotopic (exact) mass is 241 g/mol. The van der Waals surface area contributed by atoms with Gasteiger partial charge in [-0.15, -0.1) is 0 Å². The van der Waals surface area contributed by atoms with Crippen LogP contribution in [0, 0.1) is 6.92 Å². The van der Waals surface area contributed by atoms with Gasteiger partial charge in [-0.05, 0) is 6.92 Å². The number of carboxylic acids is 1. The lowest BCUT2D eigenvalue weighted by Gasteiger charge is -2.06. The van der Waals surface area contributed by atoms with Gasteiger partial charge in [0.15, 0.2) is 6.10 Å². The van der Waals surface area contributed by atoms with Crippen LogP contribution in [-0.4, -0.2) is 44.5 Å². The summed E-state index contributed by atoms with van der Waals surface area (Å²) in [5.74, 6) is -1.62. The Hall–Kier alpha value is -1.89. The average molecular weight is 241 g/mol. The minimum Gasteiger partial charge on any atom is -0.479 e. The highest BCUT2D eigenvalue weighted by Gasteiger charge is 2.15. The Morgan fingerprint density at radius 1 is 1.59 bits per heavy atom. The van der Waals surface area contributed by atoms with Crippen molar-refractivity contribution in [3.8, 4) is 0 Å². The van der Waals surface area contributed by atoms with Gasteiger partial charge >= 0.3 is 5.97 Å². The highest BCUT2D eigenvalue weighted by Crippen LogP contribution is 2.04. The summed E-state index contributed by atoms with van der Waals surface area (Å²) < 4.78 is 1.52. The first-order chi connectivity index (χ1) is 7.91. The van der Waals surface area contributed by atoms with E-state index in [9.17, 15) is 9.59 Å². The summed E-state index contributed by atoms with van der Waals surface area (Å²) in [5.41, 5.74) is 1.04. The maximum atomic E-state index is 11.6. The lowest BCUT2D eigenvalue weighted by Crippen LogP contribution is -2.30. The third-order valence-corrected chi connectivity index (χ3v) is 2.25. The zero-order chi connectivity index (χ0) is 13.0. The topological polar surface area (TPSA) is 104 Å². The Labute approximate surface area is 98.1 Å². The molecular formula is C10H15N3O4. The molecule has 17 heavy (non-hydrogen) atoms. The standard InChI is InChI=1S/C10H15N3O4/c1-6-7(5-13(2)12-6)9(15)11-4-3-8(14)10(16)17/h5,8,14H,3-4H2,1-2H3,(H,11,15)(H,16,17)/t8-/m0/s1. The highest BCUT2D eigenvalue weighted by molar-refractivity contribution is 5.95. The number of amides is 1. The molecule has 0 aromatic carbocycles. The minimum absolute atomic E-state index is 0.0274. The first-order valence-electron chi connectivity index (χ1n) is 5.11. The van der Waals surface area contributed by atoms with E-state index in [2.05, 4.69) is 10.4 Å². The number of carbonyl (C=O) groups is 2. The van der Waals surface area contributed by atoms with Crippen molar-refractivity contribution >= 4 is 11.9 Å². The van der Waals surface area contributed by atoms with Gasteiger partial charge in [0, 0.05) is 26.2 Å². The zero-order valence-corrected chi connectivity index (χ0v) is 9.67. The van der Waals surface area contributed by atoms with Crippen LogP contribution in [0.15, 0.2) is 6.20 Å². The summed E-state index contributed by atoms with van der Waals surface area (Å²) in [6.07, 6.45) is 0.101. The molecule has 0 saturated heterocycles. The molecule has 94 valence electrons. The van der Waals surface area contributed by atoms with Crippen LogP contribution in [0.25, 0.3) is 0 Å². The SMILES string of the molecule is Cc1nn(C)cc1C(=O)NCC[C@H](O)C(=O)O. The van der Waals surface area contributed by atoms with E-state index in [1.165, 1.54) is 4.68 Å². The molecule has 0 bridgehead atoms. The average Bonchev–Trinajstić information content (AvgIpc) is 2.57. The molecule has 0 unspecified atom stereocenters. The van der Waals surface area contributed by atoms with E-state index in [4.69, 9.17) is 10.2 Å². The summed E-state index contributed by atoms with van der Waals surface area (Å²) in [4.78, 5) is 22.0. The van der Waals surface area contributed by atoms with Crippen molar-refractivity contribution in [2.45, 2.75) is 19.4 Å². The summed E-state index contributed by atoms with van der Waals surface area (Å²) >= 11 is 0. The molecule has 0 aliphatic rings. The fourth-order valence-electron chi connectivity index (χ4n) is 1.36. The number of hydrogen-bond acceptors (Lipinski definition) is 4. The molecule has 0 aliphatic carbocycles. The van der Waals surface area contributed by atoms with Crippen molar-refractivity contribution in [3.63, 3.8) is 0 Å². The maximum absolute atomic E-state index is 11.6. The largest absolute Gasteiger partial charge is 0.479 e. The first kappa shape index (κ1) is 13.2. The molecule has 1 rings (SSSR count). The number of aliphatic carboxylic acids is 1. The van der Waals surface area contributed by atoms with Crippen molar-refractivity contribution in [1.82, 2.24) is 15.1 Å². The van der Waals surface area contributed by atoms with E-state index in [0.29, 0.717) is 11.3 Å². The molecule has 0 fully saturated rings. The summed E-state index contributed by atoms with van der Waals surface area (Å²) in [6.45, 7) is 1.81. The second kappa shape index (κ2) is 5.44. The van der Waals surface area contributed by atoms with E-state index in [-0.39, 0.29) is 18.9 Å². The minimum atomic E-state index is -1.45. The fourth-order valence-corrected chi connectivity index (χ4v) is 1.36. The predicted molar refractivity (Wildman–Crippen MR) is 58.5 cm³/mol. The zero-order valence-electron chi connectivity index (χ0n) is 9.67. The third kappa shape index (κ3) is 3.56. The van der Waals surface area contributed by atoms with E-state index in [0.717, 1.165) is 0 Å². The summed E-state index contributed by atoms with van der Waals surface area (Å²) in [7, 11) is 1.71. The number of aliphatic hydroxyl groups is 1. The van der Waals surface area contributed by atoms with Crippen molar-refractivity contribution in [1.29, 1.82) is 0 Å². The summed E-state index contributed by atoms with van der Waals surface area (Å²) in [5, 5.41) is 24.0. The van der Waals surface area contributed by atoms with Gasteiger partial charge in [0.2, 0.25) is 0 Å². The normalized spacial score (nSPS) is 12.2. The number of aliphatic hydroxyl groups excluding tert-OH is 1. The van der Waals surface area contributed by atoms with Gasteiger partial charge in [-0.25, -0.2) is 4.79 Å². The summed E-state index contributed by atoms with van der Waals surface area (Å²) in [6, 6.07) is 0. The second-order valence-corrected chi connectivity index (χ2v) is 3.70. The Morgan fingerprint density at radius 3 is 2.71 bits per heavy atom. The van der Waals surface area contributed by atoms with Gasteiger partial charge in [-0.2, -0.15) is 5.10 Å². The predicted octanol–water partition coefficient (Wildman–Crippen LogP) is -0.706. The molecule has 1 amide bonds. The Balaban J connectivity index is 2.45. The van der Waals surface area contributed by atoms with Crippen molar-refractivity contribution in [3.05, 3.63) is 17.5 Å². The smallest absolute Gasteiger partial charge is 0.332 e. The molecule has 1 atom stereocenters. The fraction of sp³-hybridized carbons (Fsp3) is 0.500.